The molecule has 0 amide bonds. The zero-order valence-corrected chi connectivity index (χ0v) is 15.5. The number of Topliss-reactive ketones (excluding diaryl/α,β-unsaturated/α-hetero) is 1. The molecule has 0 radical (unpaired) electrons. The molecule has 0 N–H and O–H groups in total. The van der Waals surface area contributed by atoms with E-state index < -0.39 is 0 Å². The van der Waals surface area contributed by atoms with Crippen molar-refractivity contribution in [1.82, 2.24) is 0 Å². The Kier molecular flexibility index (Phi) is 4.94. The maximum atomic E-state index is 11.9. The number of ketones is 1. The molecule has 0 aliphatic rings. The molecule has 0 unspecified atom stereocenters. The molecular formula is C22H22O4. The van der Waals surface area contributed by atoms with Gasteiger partial charge < -0.3 is 9.15 Å². The molecule has 3 rings (SSSR count). The lowest BCUT2D eigenvalue weighted by atomic mass is 9.95. The van der Waals surface area contributed by atoms with Gasteiger partial charge in [0.25, 0.3) is 0 Å². The van der Waals surface area contributed by atoms with Gasteiger partial charge in [0.1, 0.15) is 17.9 Å². The third-order valence-electron chi connectivity index (χ3n) is 4.49. The molecule has 0 atom stereocenters. The summed E-state index contributed by atoms with van der Waals surface area (Å²) in [6.45, 7) is 8.08. The minimum Gasteiger partial charge on any atom is -0.489 e. The van der Waals surface area contributed by atoms with Crippen LogP contribution in [0.3, 0.4) is 0 Å². The van der Waals surface area contributed by atoms with E-state index in [0.717, 1.165) is 16.5 Å². The number of rotatable bonds is 5. The fourth-order valence-corrected chi connectivity index (χ4v) is 3.08. The maximum absolute atomic E-state index is 11.9. The summed E-state index contributed by atoms with van der Waals surface area (Å²) in [6.07, 6.45) is 0. The van der Waals surface area contributed by atoms with Gasteiger partial charge in [-0.05, 0) is 67.3 Å². The monoisotopic (exact) mass is 350 g/mol. The molecule has 26 heavy (non-hydrogen) atoms. The van der Waals surface area contributed by atoms with E-state index in [2.05, 4.69) is 19.9 Å². The molecule has 0 saturated heterocycles. The lowest BCUT2D eigenvalue weighted by Crippen LogP contribution is -2.05. The summed E-state index contributed by atoms with van der Waals surface area (Å²) < 4.78 is 11.2. The van der Waals surface area contributed by atoms with Crippen molar-refractivity contribution in [2.75, 3.05) is 0 Å². The molecule has 4 heteroatoms. The molecule has 0 saturated carbocycles. The fraction of sp³-hybridized carbons (Fsp3) is 0.273. The Morgan fingerprint density at radius 3 is 2.42 bits per heavy atom. The standard InChI is InChI=1S/C22H22O4/c1-13(2)19-11-20-17(10-22(24)26-21(20)9-14(19)3)12-25-18-7-5-16(6-8-18)15(4)23/h5-11,13H,12H2,1-4H3. The van der Waals surface area contributed by atoms with Crippen LogP contribution in [0.25, 0.3) is 11.0 Å². The number of aryl methyl sites for hydroxylation is 1. The van der Waals surface area contributed by atoms with Crippen molar-refractivity contribution in [3.8, 4) is 5.75 Å². The Bertz CT molecular complexity index is 1010. The molecular weight excluding hydrogens is 328 g/mol. The summed E-state index contributed by atoms with van der Waals surface area (Å²) in [6, 6.07) is 12.4. The summed E-state index contributed by atoms with van der Waals surface area (Å²) in [5, 5.41) is 0.888. The van der Waals surface area contributed by atoms with Crippen molar-refractivity contribution in [3.63, 3.8) is 0 Å². The van der Waals surface area contributed by atoms with Gasteiger partial charge in [-0.2, -0.15) is 0 Å². The smallest absolute Gasteiger partial charge is 0.336 e. The normalized spacial score (nSPS) is 11.1. The highest BCUT2D eigenvalue weighted by Gasteiger charge is 2.12. The van der Waals surface area contributed by atoms with Gasteiger partial charge in [0.15, 0.2) is 5.78 Å². The van der Waals surface area contributed by atoms with Crippen LogP contribution in [-0.2, 0) is 6.61 Å². The van der Waals surface area contributed by atoms with Crippen LogP contribution in [0, 0.1) is 6.92 Å². The second-order valence-electron chi connectivity index (χ2n) is 6.82. The van der Waals surface area contributed by atoms with Crippen molar-refractivity contribution >= 4 is 16.8 Å². The quantitative estimate of drug-likeness (QED) is 0.479. The number of hydrogen-bond donors (Lipinski definition) is 0. The van der Waals surface area contributed by atoms with E-state index in [9.17, 15) is 9.59 Å². The highest BCUT2D eigenvalue weighted by atomic mass is 16.5. The Balaban J connectivity index is 1.94. The van der Waals surface area contributed by atoms with Crippen molar-refractivity contribution in [2.45, 2.75) is 40.2 Å². The molecule has 0 bridgehead atoms. The van der Waals surface area contributed by atoms with Gasteiger partial charge in [0, 0.05) is 22.6 Å². The number of carbonyl (C=O) groups excluding carboxylic acids is 1. The SMILES string of the molecule is CC(=O)c1ccc(OCc2cc(=O)oc3cc(C)c(C(C)C)cc23)cc1. The number of benzene rings is 2. The number of carbonyl (C=O) groups is 1. The Hall–Kier alpha value is -2.88. The molecule has 0 fully saturated rings. The zero-order valence-electron chi connectivity index (χ0n) is 15.5. The number of hydrogen-bond acceptors (Lipinski definition) is 4. The lowest BCUT2D eigenvalue weighted by molar-refractivity contribution is 0.101. The number of fused-ring (bicyclic) bond motifs is 1. The fourth-order valence-electron chi connectivity index (χ4n) is 3.08. The molecule has 134 valence electrons. The summed E-state index contributed by atoms with van der Waals surface area (Å²) in [7, 11) is 0. The first-order valence-electron chi connectivity index (χ1n) is 8.66. The van der Waals surface area contributed by atoms with Crippen LogP contribution in [0.4, 0.5) is 0 Å². The van der Waals surface area contributed by atoms with Crippen LogP contribution in [0.1, 0.15) is 53.7 Å². The molecule has 2 aromatic carbocycles. The van der Waals surface area contributed by atoms with E-state index in [4.69, 9.17) is 9.15 Å². The zero-order chi connectivity index (χ0) is 18.8. The molecule has 1 aromatic heterocycles. The van der Waals surface area contributed by atoms with Crippen molar-refractivity contribution in [2.24, 2.45) is 0 Å². The maximum Gasteiger partial charge on any atom is 0.336 e. The predicted octanol–water partition coefficient (Wildman–Crippen LogP) is 5.01. The van der Waals surface area contributed by atoms with Gasteiger partial charge in [-0.1, -0.05) is 13.8 Å². The largest absolute Gasteiger partial charge is 0.489 e. The Morgan fingerprint density at radius 2 is 1.81 bits per heavy atom. The molecule has 4 nitrogen and oxygen atoms in total. The molecule has 0 aliphatic heterocycles. The van der Waals surface area contributed by atoms with Gasteiger partial charge in [-0.25, -0.2) is 4.79 Å². The van der Waals surface area contributed by atoms with Crippen LogP contribution in [0.15, 0.2) is 51.7 Å². The lowest BCUT2D eigenvalue weighted by Gasteiger charge is -2.13. The van der Waals surface area contributed by atoms with Crippen LogP contribution in [0.5, 0.6) is 5.75 Å². The molecule has 0 aliphatic carbocycles. The first-order valence-corrected chi connectivity index (χ1v) is 8.66. The first-order chi connectivity index (χ1) is 12.3. The second kappa shape index (κ2) is 7.16. The van der Waals surface area contributed by atoms with Crippen LogP contribution < -0.4 is 10.4 Å². The van der Waals surface area contributed by atoms with Gasteiger partial charge in [-0.3, -0.25) is 4.79 Å². The van der Waals surface area contributed by atoms with E-state index in [1.807, 2.05) is 13.0 Å². The summed E-state index contributed by atoms with van der Waals surface area (Å²) in [5.41, 5.74) is 3.94. The van der Waals surface area contributed by atoms with Crippen molar-refractivity contribution in [3.05, 3.63) is 75.1 Å². The van der Waals surface area contributed by atoms with Gasteiger partial charge >= 0.3 is 5.63 Å². The minimum absolute atomic E-state index is 0.0137. The van der Waals surface area contributed by atoms with Crippen molar-refractivity contribution in [1.29, 1.82) is 0 Å². The van der Waals surface area contributed by atoms with Gasteiger partial charge in [0.05, 0.1) is 0 Å². The van der Waals surface area contributed by atoms with Crippen LogP contribution >= 0.6 is 0 Å². The Morgan fingerprint density at radius 1 is 1.12 bits per heavy atom. The summed E-state index contributed by atoms with van der Waals surface area (Å²) >= 11 is 0. The summed E-state index contributed by atoms with van der Waals surface area (Å²) in [4.78, 5) is 23.3. The molecule has 0 spiro atoms. The number of ether oxygens (including phenoxy) is 1. The first kappa shape index (κ1) is 17.9. The molecule has 1 heterocycles. The predicted molar refractivity (Wildman–Crippen MR) is 102 cm³/mol. The average Bonchev–Trinajstić information content (AvgIpc) is 2.59. The van der Waals surface area contributed by atoms with E-state index >= 15 is 0 Å². The van der Waals surface area contributed by atoms with Gasteiger partial charge in [-0.15, -0.1) is 0 Å². The highest BCUT2D eigenvalue weighted by molar-refractivity contribution is 5.94. The summed E-state index contributed by atoms with van der Waals surface area (Å²) in [5.74, 6) is 1.03. The minimum atomic E-state index is -0.389. The van der Waals surface area contributed by atoms with E-state index in [1.54, 1.807) is 24.3 Å². The third-order valence-corrected chi connectivity index (χ3v) is 4.49. The van der Waals surface area contributed by atoms with E-state index in [0.29, 0.717) is 22.8 Å². The molecule has 3 aromatic rings. The van der Waals surface area contributed by atoms with Gasteiger partial charge in [0.2, 0.25) is 0 Å². The van der Waals surface area contributed by atoms with E-state index in [1.165, 1.54) is 18.6 Å². The van der Waals surface area contributed by atoms with E-state index in [-0.39, 0.29) is 18.0 Å². The Labute approximate surface area is 152 Å². The van der Waals surface area contributed by atoms with Crippen molar-refractivity contribution < 1.29 is 13.9 Å². The average molecular weight is 350 g/mol. The van der Waals surface area contributed by atoms with Crippen LogP contribution in [0.2, 0.25) is 0 Å². The topological polar surface area (TPSA) is 56.5 Å². The van der Waals surface area contributed by atoms with Crippen LogP contribution in [-0.4, -0.2) is 5.78 Å². The highest BCUT2D eigenvalue weighted by Crippen LogP contribution is 2.27. The third kappa shape index (κ3) is 3.69. The second-order valence-corrected chi connectivity index (χ2v) is 6.82.